The number of carboxylic acid groups (broad SMARTS) is 1. The van der Waals surface area contributed by atoms with E-state index in [0.29, 0.717) is 13.2 Å². The van der Waals surface area contributed by atoms with E-state index in [4.69, 9.17) is 18.9 Å². The molecule has 0 aliphatic rings. The maximum atomic E-state index is 11.6. The van der Waals surface area contributed by atoms with Crippen molar-refractivity contribution in [2.24, 2.45) is 0 Å². The molecule has 0 saturated heterocycles. The second kappa shape index (κ2) is 19.9. The van der Waals surface area contributed by atoms with Crippen LogP contribution in [0.4, 0.5) is 0 Å². The van der Waals surface area contributed by atoms with Gasteiger partial charge in [0, 0.05) is 6.92 Å². The molecule has 0 aromatic rings. The molecular formula is C18H39O6P. The Bertz CT molecular complexity index is 310. The summed E-state index contributed by atoms with van der Waals surface area (Å²) in [5.74, 6) is -0.833. The lowest BCUT2D eigenvalue weighted by Gasteiger charge is -2.12. The Labute approximate surface area is 153 Å². The van der Waals surface area contributed by atoms with Gasteiger partial charge in [-0.05, 0) is 12.8 Å². The van der Waals surface area contributed by atoms with Gasteiger partial charge in [0.15, 0.2) is 0 Å². The minimum absolute atomic E-state index is 0.316. The van der Waals surface area contributed by atoms with Crippen LogP contribution in [-0.2, 0) is 18.4 Å². The van der Waals surface area contributed by atoms with Crippen LogP contribution in [0.2, 0.25) is 0 Å². The number of phosphoric ester groups is 1. The van der Waals surface area contributed by atoms with Crippen molar-refractivity contribution < 1.29 is 28.4 Å². The topological polar surface area (TPSA) is 93.1 Å². The number of phosphoric acid groups is 1. The first-order chi connectivity index (χ1) is 11.9. The number of carbonyl (C=O) groups is 1. The van der Waals surface area contributed by atoms with E-state index in [2.05, 4.69) is 13.8 Å². The minimum atomic E-state index is -3.82. The van der Waals surface area contributed by atoms with Gasteiger partial charge in [-0.25, -0.2) is 4.57 Å². The number of carboxylic acids is 1. The Hall–Kier alpha value is -0.420. The van der Waals surface area contributed by atoms with Gasteiger partial charge in [-0.15, -0.1) is 0 Å². The van der Waals surface area contributed by atoms with Gasteiger partial charge >= 0.3 is 7.82 Å². The van der Waals surface area contributed by atoms with E-state index in [1.165, 1.54) is 51.4 Å². The second-order valence-corrected chi connectivity index (χ2v) is 7.64. The molecule has 0 spiro atoms. The molecule has 0 unspecified atom stereocenters. The van der Waals surface area contributed by atoms with Crippen LogP contribution in [-0.4, -0.2) is 29.2 Å². The van der Waals surface area contributed by atoms with Gasteiger partial charge < -0.3 is 10.00 Å². The quantitative estimate of drug-likeness (QED) is 0.254. The van der Waals surface area contributed by atoms with Crippen LogP contribution in [0.1, 0.15) is 97.8 Å². The van der Waals surface area contributed by atoms with Gasteiger partial charge in [0.05, 0.1) is 13.2 Å². The highest BCUT2D eigenvalue weighted by molar-refractivity contribution is 7.47. The fourth-order valence-electron chi connectivity index (χ4n) is 2.16. The molecule has 25 heavy (non-hydrogen) atoms. The lowest BCUT2D eigenvalue weighted by atomic mass is 10.1. The smallest absolute Gasteiger partial charge is 0.472 e. The fraction of sp³-hybridized carbons (Fsp3) is 0.944. The zero-order chi connectivity index (χ0) is 19.4. The van der Waals surface area contributed by atoms with Crippen LogP contribution in [0.25, 0.3) is 0 Å². The molecule has 0 rings (SSSR count). The molecule has 7 heteroatoms. The van der Waals surface area contributed by atoms with Gasteiger partial charge in [-0.3, -0.25) is 13.8 Å². The van der Waals surface area contributed by atoms with Gasteiger partial charge in [0.1, 0.15) is 0 Å². The summed E-state index contributed by atoms with van der Waals surface area (Å²) in [7, 11) is -3.82. The van der Waals surface area contributed by atoms with Crippen LogP contribution in [0.15, 0.2) is 0 Å². The molecule has 0 atom stereocenters. The van der Waals surface area contributed by atoms with E-state index in [0.717, 1.165) is 32.6 Å². The van der Waals surface area contributed by atoms with Crippen LogP contribution >= 0.6 is 7.82 Å². The maximum Gasteiger partial charge on any atom is 0.472 e. The zero-order valence-electron chi connectivity index (χ0n) is 16.4. The molecule has 0 aromatic heterocycles. The number of unbranched alkanes of at least 4 members (excludes halogenated alkanes) is 10. The Morgan fingerprint density at radius 3 is 1.36 bits per heavy atom. The van der Waals surface area contributed by atoms with Crippen LogP contribution in [0, 0.1) is 0 Å². The van der Waals surface area contributed by atoms with E-state index < -0.39 is 13.8 Å². The molecule has 0 amide bonds. The van der Waals surface area contributed by atoms with Crippen LogP contribution in [0.3, 0.4) is 0 Å². The predicted molar refractivity (Wildman–Crippen MR) is 102 cm³/mol. The molecule has 0 aliphatic carbocycles. The molecular weight excluding hydrogens is 343 g/mol. The van der Waals surface area contributed by atoms with E-state index in [-0.39, 0.29) is 0 Å². The third kappa shape index (κ3) is 28.6. The SMILES string of the molecule is CC(=O)O.CCCCCCCCOP(=O)(O)OCCCCCCCC. The van der Waals surface area contributed by atoms with Crippen LogP contribution < -0.4 is 0 Å². The standard InChI is InChI=1S/C16H35O4P.C2H4O2/c1-3-5-7-9-11-13-15-19-21(17,18)20-16-14-12-10-8-6-4-2;1-2(3)4/h3-16H2,1-2H3,(H,17,18);1H3,(H,3,4). The normalized spacial score (nSPS) is 11.0. The number of hydrogen-bond acceptors (Lipinski definition) is 4. The highest BCUT2D eigenvalue weighted by Crippen LogP contribution is 2.43. The minimum Gasteiger partial charge on any atom is -0.481 e. The molecule has 2 N–H and O–H groups in total. The molecule has 0 heterocycles. The summed E-state index contributed by atoms with van der Waals surface area (Å²) in [6.45, 7) is 6.09. The molecule has 152 valence electrons. The third-order valence-electron chi connectivity index (χ3n) is 3.50. The van der Waals surface area contributed by atoms with Gasteiger partial charge in [-0.2, -0.15) is 0 Å². The molecule has 0 aliphatic heterocycles. The Morgan fingerprint density at radius 1 is 0.760 bits per heavy atom. The van der Waals surface area contributed by atoms with Crippen molar-refractivity contribution in [3.63, 3.8) is 0 Å². The van der Waals surface area contributed by atoms with Gasteiger partial charge in [0.25, 0.3) is 5.97 Å². The number of hydrogen-bond donors (Lipinski definition) is 2. The van der Waals surface area contributed by atoms with Crippen molar-refractivity contribution in [3.05, 3.63) is 0 Å². The molecule has 0 aromatic carbocycles. The van der Waals surface area contributed by atoms with Gasteiger partial charge in [0.2, 0.25) is 0 Å². The summed E-state index contributed by atoms with van der Waals surface area (Å²) in [5, 5.41) is 7.42. The Balaban J connectivity index is 0. The molecule has 0 bridgehead atoms. The lowest BCUT2D eigenvalue weighted by Crippen LogP contribution is -1.99. The highest BCUT2D eigenvalue weighted by atomic mass is 31.2. The lowest BCUT2D eigenvalue weighted by molar-refractivity contribution is -0.134. The summed E-state index contributed by atoms with van der Waals surface area (Å²) in [6.07, 6.45) is 13.6. The Kier molecular flexibility index (Phi) is 21.3. The maximum absolute atomic E-state index is 11.6. The summed E-state index contributed by atoms with van der Waals surface area (Å²) >= 11 is 0. The van der Waals surface area contributed by atoms with Crippen molar-refractivity contribution in [1.29, 1.82) is 0 Å². The number of rotatable bonds is 16. The monoisotopic (exact) mass is 382 g/mol. The number of aliphatic carboxylic acids is 1. The fourth-order valence-corrected chi connectivity index (χ4v) is 2.96. The molecule has 0 fully saturated rings. The van der Waals surface area contributed by atoms with Crippen molar-refractivity contribution in [1.82, 2.24) is 0 Å². The third-order valence-corrected chi connectivity index (χ3v) is 4.52. The second-order valence-electron chi connectivity index (χ2n) is 6.19. The van der Waals surface area contributed by atoms with E-state index >= 15 is 0 Å². The Morgan fingerprint density at radius 2 is 1.04 bits per heavy atom. The summed E-state index contributed by atoms with van der Waals surface area (Å²) in [4.78, 5) is 18.5. The first kappa shape index (κ1) is 26.8. The van der Waals surface area contributed by atoms with E-state index in [9.17, 15) is 9.46 Å². The van der Waals surface area contributed by atoms with Crippen LogP contribution in [0.5, 0.6) is 0 Å². The largest absolute Gasteiger partial charge is 0.481 e. The predicted octanol–water partition coefficient (Wildman–Crippen LogP) is 5.93. The van der Waals surface area contributed by atoms with Gasteiger partial charge in [-0.1, -0.05) is 78.1 Å². The molecule has 0 radical (unpaired) electrons. The molecule has 0 saturated carbocycles. The van der Waals surface area contributed by atoms with Crippen molar-refractivity contribution in [2.45, 2.75) is 97.8 Å². The first-order valence-corrected chi connectivity index (χ1v) is 11.2. The zero-order valence-corrected chi connectivity index (χ0v) is 17.3. The van der Waals surface area contributed by atoms with E-state index in [1.54, 1.807) is 0 Å². The highest BCUT2D eigenvalue weighted by Gasteiger charge is 2.19. The van der Waals surface area contributed by atoms with Crippen molar-refractivity contribution >= 4 is 13.8 Å². The van der Waals surface area contributed by atoms with Crippen molar-refractivity contribution in [3.8, 4) is 0 Å². The van der Waals surface area contributed by atoms with Crippen molar-refractivity contribution in [2.75, 3.05) is 13.2 Å². The summed E-state index contributed by atoms with van der Waals surface area (Å²) in [6, 6.07) is 0. The van der Waals surface area contributed by atoms with E-state index in [1.807, 2.05) is 0 Å². The average molecular weight is 382 g/mol. The first-order valence-electron chi connectivity index (χ1n) is 9.67. The summed E-state index contributed by atoms with van der Waals surface area (Å²) < 4.78 is 21.5. The average Bonchev–Trinajstić information content (AvgIpc) is 2.52. The molecule has 6 nitrogen and oxygen atoms in total. The summed E-state index contributed by atoms with van der Waals surface area (Å²) in [5.41, 5.74) is 0.